The SMILES string of the molecule is CCOC(=O)CN1CCC(N)C1=O. The van der Waals surface area contributed by atoms with Crippen molar-refractivity contribution < 1.29 is 14.3 Å². The van der Waals surface area contributed by atoms with Gasteiger partial charge in [0.2, 0.25) is 5.91 Å². The summed E-state index contributed by atoms with van der Waals surface area (Å²) in [6.07, 6.45) is 0.623. The molecule has 0 aromatic rings. The van der Waals surface area contributed by atoms with Crippen LogP contribution in [0, 0.1) is 0 Å². The van der Waals surface area contributed by atoms with Crippen molar-refractivity contribution in [1.82, 2.24) is 4.90 Å². The molecule has 1 heterocycles. The summed E-state index contributed by atoms with van der Waals surface area (Å²) in [5.74, 6) is -0.530. The molecule has 1 rings (SSSR count). The summed E-state index contributed by atoms with van der Waals surface area (Å²) < 4.78 is 4.71. The second-order valence-electron chi connectivity index (χ2n) is 2.96. The molecule has 0 saturated carbocycles. The molecule has 1 fully saturated rings. The smallest absolute Gasteiger partial charge is 0.325 e. The fraction of sp³-hybridized carbons (Fsp3) is 0.750. The maximum absolute atomic E-state index is 11.2. The van der Waals surface area contributed by atoms with Gasteiger partial charge in [-0.05, 0) is 13.3 Å². The first kappa shape index (κ1) is 9.98. The lowest BCUT2D eigenvalue weighted by atomic mass is 10.3. The summed E-state index contributed by atoms with van der Waals surface area (Å²) in [5.41, 5.74) is 5.48. The van der Waals surface area contributed by atoms with Gasteiger partial charge in [0.05, 0.1) is 12.6 Å². The van der Waals surface area contributed by atoms with Crippen LogP contribution in [0.15, 0.2) is 0 Å². The van der Waals surface area contributed by atoms with Crippen LogP contribution in [0.2, 0.25) is 0 Å². The first-order chi connectivity index (χ1) is 6.15. The Bertz CT molecular complexity index is 217. The second kappa shape index (κ2) is 4.23. The number of esters is 1. The fourth-order valence-electron chi connectivity index (χ4n) is 1.28. The number of hydrogen-bond acceptors (Lipinski definition) is 4. The molecule has 0 aromatic heterocycles. The van der Waals surface area contributed by atoms with Gasteiger partial charge in [0, 0.05) is 6.54 Å². The van der Waals surface area contributed by atoms with Crippen LogP contribution in [0.4, 0.5) is 0 Å². The van der Waals surface area contributed by atoms with E-state index in [-0.39, 0.29) is 18.4 Å². The molecule has 13 heavy (non-hydrogen) atoms. The van der Waals surface area contributed by atoms with Gasteiger partial charge in [-0.3, -0.25) is 9.59 Å². The van der Waals surface area contributed by atoms with Crippen molar-refractivity contribution >= 4 is 11.9 Å². The van der Waals surface area contributed by atoms with Crippen LogP contribution in [-0.4, -0.2) is 42.5 Å². The number of hydrogen-bond donors (Lipinski definition) is 1. The average molecular weight is 186 g/mol. The monoisotopic (exact) mass is 186 g/mol. The Labute approximate surface area is 76.8 Å². The van der Waals surface area contributed by atoms with Crippen molar-refractivity contribution in [2.24, 2.45) is 5.73 Å². The lowest BCUT2D eigenvalue weighted by Gasteiger charge is -2.14. The van der Waals surface area contributed by atoms with Crippen molar-refractivity contribution in [3.63, 3.8) is 0 Å². The number of carbonyl (C=O) groups excluding carboxylic acids is 2. The summed E-state index contributed by atoms with van der Waals surface area (Å²) >= 11 is 0. The normalized spacial score (nSPS) is 22.2. The molecule has 1 aliphatic rings. The van der Waals surface area contributed by atoms with Gasteiger partial charge in [-0.15, -0.1) is 0 Å². The maximum atomic E-state index is 11.2. The topological polar surface area (TPSA) is 72.6 Å². The molecule has 0 radical (unpaired) electrons. The lowest BCUT2D eigenvalue weighted by molar-refractivity contribution is -0.147. The molecule has 1 atom stereocenters. The molecule has 0 spiro atoms. The van der Waals surface area contributed by atoms with E-state index in [2.05, 4.69) is 0 Å². The minimum absolute atomic E-state index is 0.0281. The number of ether oxygens (including phenoxy) is 1. The zero-order valence-electron chi connectivity index (χ0n) is 7.66. The Morgan fingerprint density at radius 3 is 2.92 bits per heavy atom. The van der Waals surface area contributed by atoms with E-state index in [4.69, 9.17) is 10.5 Å². The highest BCUT2D eigenvalue weighted by Gasteiger charge is 2.29. The molecule has 1 amide bonds. The molecule has 2 N–H and O–H groups in total. The number of nitrogens with zero attached hydrogens (tertiary/aromatic N) is 1. The highest BCUT2D eigenvalue weighted by atomic mass is 16.5. The highest BCUT2D eigenvalue weighted by Crippen LogP contribution is 2.08. The molecule has 74 valence electrons. The number of carbonyl (C=O) groups is 2. The van der Waals surface area contributed by atoms with E-state index in [9.17, 15) is 9.59 Å². The van der Waals surface area contributed by atoms with Gasteiger partial charge in [0.25, 0.3) is 0 Å². The third-order valence-corrected chi connectivity index (χ3v) is 1.96. The van der Waals surface area contributed by atoms with E-state index in [0.717, 1.165) is 0 Å². The lowest BCUT2D eigenvalue weighted by Crippen LogP contribution is -2.37. The molecular formula is C8H14N2O3. The van der Waals surface area contributed by atoms with Gasteiger partial charge in [-0.1, -0.05) is 0 Å². The Balaban J connectivity index is 2.38. The minimum Gasteiger partial charge on any atom is -0.465 e. The molecule has 1 saturated heterocycles. The van der Waals surface area contributed by atoms with Crippen LogP contribution in [0.3, 0.4) is 0 Å². The third-order valence-electron chi connectivity index (χ3n) is 1.96. The van der Waals surface area contributed by atoms with E-state index in [1.54, 1.807) is 6.92 Å². The highest BCUT2D eigenvalue weighted by molar-refractivity contribution is 5.87. The predicted molar refractivity (Wildman–Crippen MR) is 45.8 cm³/mol. The summed E-state index contributed by atoms with van der Waals surface area (Å²) in [7, 11) is 0. The largest absolute Gasteiger partial charge is 0.465 e. The van der Waals surface area contributed by atoms with Crippen molar-refractivity contribution in [1.29, 1.82) is 0 Å². The van der Waals surface area contributed by atoms with Crippen molar-refractivity contribution in [2.45, 2.75) is 19.4 Å². The molecule has 5 heteroatoms. The van der Waals surface area contributed by atoms with Crippen molar-refractivity contribution in [2.75, 3.05) is 19.7 Å². The quantitative estimate of drug-likeness (QED) is 0.580. The maximum Gasteiger partial charge on any atom is 0.325 e. The standard InChI is InChI=1S/C8H14N2O3/c1-2-13-7(11)5-10-4-3-6(9)8(10)12/h6H,2-5,9H2,1H3. The van der Waals surface area contributed by atoms with Gasteiger partial charge in [0.1, 0.15) is 6.54 Å². The molecule has 0 aliphatic carbocycles. The van der Waals surface area contributed by atoms with Crippen molar-refractivity contribution in [3.05, 3.63) is 0 Å². The number of rotatable bonds is 3. The van der Waals surface area contributed by atoms with Crippen LogP contribution in [0.1, 0.15) is 13.3 Å². The molecule has 0 bridgehead atoms. The first-order valence-electron chi connectivity index (χ1n) is 4.35. The average Bonchev–Trinajstić information content (AvgIpc) is 2.37. The van der Waals surface area contributed by atoms with Gasteiger partial charge >= 0.3 is 5.97 Å². The van der Waals surface area contributed by atoms with E-state index in [1.807, 2.05) is 0 Å². The van der Waals surface area contributed by atoms with Crippen LogP contribution < -0.4 is 5.73 Å². The van der Waals surface area contributed by atoms with Gasteiger partial charge in [-0.2, -0.15) is 0 Å². The fourth-order valence-corrected chi connectivity index (χ4v) is 1.28. The van der Waals surface area contributed by atoms with E-state index >= 15 is 0 Å². The molecule has 1 aliphatic heterocycles. The Kier molecular flexibility index (Phi) is 3.25. The summed E-state index contributed by atoms with van der Waals surface area (Å²) in [5, 5.41) is 0. The summed E-state index contributed by atoms with van der Waals surface area (Å²) in [6.45, 7) is 2.65. The number of amides is 1. The Morgan fingerprint density at radius 1 is 1.77 bits per heavy atom. The molecule has 0 aromatic carbocycles. The van der Waals surface area contributed by atoms with Crippen LogP contribution in [-0.2, 0) is 14.3 Å². The van der Waals surface area contributed by atoms with E-state index < -0.39 is 6.04 Å². The van der Waals surface area contributed by atoms with Gasteiger partial charge < -0.3 is 15.4 Å². The minimum atomic E-state index is -0.436. The second-order valence-corrected chi connectivity index (χ2v) is 2.96. The van der Waals surface area contributed by atoms with Crippen molar-refractivity contribution in [3.8, 4) is 0 Å². The number of likely N-dealkylation sites (tertiary alicyclic amines) is 1. The molecule has 5 nitrogen and oxygen atoms in total. The van der Waals surface area contributed by atoms with E-state index in [0.29, 0.717) is 19.6 Å². The Hall–Kier alpha value is -1.10. The predicted octanol–water partition coefficient (Wildman–Crippen LogP) is -0.891. The zero-order valence-corrected chi connectivity index (χ0v) is 7.66. The van der Waals surface area contributed by atoms with Crippen LogP contribution >= 0.6 is 0 Å². The zero-order chi connectivity index (χ0) is 9.84. The summed E-state index contributed by atoms with van der Waals surface area (Å²) in [4.78, 5) is 23.7. The van der Waals surface area contributed by atoms with Gasteiger partial charge in [0.15, 0.2) is 0 Å². The first-order valence-corrected chi connectivity index (χ1v) is 4.35. The molecule has 1 unspecified atom stereocenters. The van der Waals surface area contributed by atoms with Crippen LogP contribution in [0.25, 0.3) is 0 Å². The van der Waals surface area contributed by atoms with E-state index in [1.165, 1.54) is 4.90 Å². The summed E-state index contributed by atoms with van der Waals surface area (Å²) in [6, 6.07) is -0.436. The third kappa shape index (κ3) is 2.42. The van der Waals surface area contributed by atoms with Gasteiger partial charge in [-0.25, -0.2) is 0 Å². The Morgan fingerprint density at radius 2 is 2.46 bits per heavy atom. The molecular weight excluding hydrogens is 172 g/mol. The number of nitrogens with two attached hydrogens (primary N) is 1. The van der Waals surface area contributed by atoms with Crippen LogP contribution in [0.5, 0.6) is 0 Å².